The molecule has 0 fully saturated rings. The first-order valence-electron chi connectivity index (χ1n) is 16.4. The van der Waals surface area contributed by atoms with Crippen molar-refractivity contribution < 1.29 is 4.74 Å². The minimum absolute atomic E-state index is 0.615. The summed E-state index contributed by atoms with van der Waals surface area (Å²) in [6, 6.07) is 50.1. The molecule has 6 heteroatoms. The molecule has 0 aliphatic carbocycles. The molecular weight excluding hydrogens is 605 g/mol. The van der Waals surface area contributed by atoms with Crippen molar-refractivity contribution in [3.05, 3.63) is 174 Å². The zero-order chi connectivity index (χ0) is 32.5. The van der Waals surface area contributed by atoms with Gasteiger partial charge in [0.15, 0.2) is 11.5 Å². The van der Waals surface area contributed by atoms with Crippen LogP contribution in [-0.4, -0.2) is 23.3 Å². The van der Waals surface area contributed by atoms with E-state index in [9.17, 15) is 0 Å². The topological polar surface area (TPSA) is 54.0 Å². The van der Waals surface area contributed by atoms with Crippen LogP contribution >= 0.6 is 0 Å². The minimum Gasteiger partial charge on any atom is -0.453 e. The normalized spacial score (nSPS) is 15.0. The third-order valence-corrected chi connectivity index (χ3v) is 13.7. The number of aryl methyl sites for hydroxylation is 1. The lowest BCUT2D eigenvalue weighted by molar-refractivity contribution is 0.477. The van der Waals surface area contributed by atoms with Crippen LogP contribution in [0.25, 0.3) is 11.3 Å². The molecule has 0 amide bonds. The maximum atomic E-state index is 6.50. The Kier molecular flexibility index (Phi) is 6.33. The van der Waals surface area contributed by atoms with Gasteiger partial charge in [0.05, 0.1) is 28.2 Å². The molecule has 7 aromatic rings. The molecule has 0 atom stereocenters. The number of nitrogens with zero attached hydrogens (tertiary/aromatic N) is 3. The van der Waals surface area contributed by atoms with Gasteiger partial charge < -0.3 is 9.64 Å². The molecule has 4 heterocycles. The Bertz CT molecular complexity index is 2300. The van der Waals surface area contributed by atoms with Crippen LogP contribution in [-0.2, 0) is 5.41 Å². The molecule has 0 radical (unpaired) electrons. The maximum Gasteiger partial charge on any atom is 0.151 e. The van der Waals surface area contributed by atoms with Gasteiger partial charge in [-0.1, -0.05) is 92.0 Å². The Morgan fingerprint density at radius 2 is 1.38 bits per heavy atom. The maximum absolute atomic E-state index is 6.50. The van der Waals surface area contributed by atoms with E-state index in [0.717, 1.165) is 51.2 Å². The van der Waals surface area contributed by atoms with Crippen molar-refractivity contribution in [2.24, 2.45) is 0 Å². The van der Waals surface area contributed by atoms with Crippen molar-refractivity contribution in [3.63, 3.8) is 0 Å². The molecule has 232 valence electrons. The van der Waals surface area contributed by atoms with E-state index in [4.69, 9.17) is 9.72 Å². The lowest BCUT2D eigenvalue weighted by Gasteiger charge is -2.46. The smallest absolute Gasteiger partial charge is 0.151 e. The molecule has 5 aromatic carbocycles. The molecule has 0 unspecified atom stereocenters. The lowest BCUT2D eigenvalue weighted by Crippen LogP contribution is -2.63. The Hall–Kier alpha value is -5.72. The standard InChI is InChI=1S/C42H34N4OSi/c1-28-25-34(45-44-28)29-22-23-38-36(26-29)46(35-17-6-7-18-37(35)47-38)31-14-12-13-30(27-31)42(41-21-10-11-24-43-41)32-15-4-8-19-39(32)48(2,3)40-20-9-5-16-33(40)42/h4-27H,1-3H3,(H,44,45). The second-order valence-electron chi connectivity index (χ2n) is 13.3. The number of hydrogen-bond donors (Lipinski definition) is 1. The molecule has 9 rings (SSSR count). The summed E-state index contributed by atoms with van der Waals surface area (Å²) in [5.41, 5.74) is 10.2. The summed E-state index contributed by atoms with van der Waals surface area (Å²) in [6.45, 7) is 6.97. The number of para-hydroxylation sites is 2. The van der Waals surface area contributed by atoms with Crippen LogP contribution in [0.4, 0.5) is 17.1 Å². The minimum atomic E-state index is -2.03. The Labute approximate surface area is 281 Å². The highest BCUT2D eigenvalue weighted by molar-refractivity contribution is 7.01. The summed E-state index contributed by atoms with van der Waals surface area (Å²) in [5.74, 6) is 1.62. The first-order valence-corrected chi connectivity index (χ1v) is 19.4. The molecular formula is C42H34N4OSi. The average molecular weight is 639 g/mol. The van der Waals surface area contributed by atoms with E-state index >= 15 is 0 Å². The van der Waals surface area contributed by atoms with Crippen LogP contribution < -0.4 is 20.0 Å². The number of H-pyrrole nitrogens is 1. The largest absolute Gasteiger partial charge is 0.453 e. The summed E-state index contributed by atoms with van der Waals surface area (Å²) in [4.78, 5) is 7.46. The van der Waals surface area contributed by atoms with Gasteiger partial charge in [-0.25, -0.2) is 0 Å². The van der Waals surface area contributed by atoms with Gasteiger partial charge in [0.1, 0.15) is 8.07 Å². The molecule has 2 aliphatic rings. The van der Waals surface area contributed by atoms with E-state index in [0.29, 0.717) is 0 Å². The van der Waals surface area contributed by atoms with E-state index in [-0.39, 0.29) is 0 Å². The number of pyridine rings is 1. The predicted octanol–water partition coefficient (Wildman–Crippen LogP) is 8.87. The Balaban J connectivity index is 1.32. The summed E-state index contributed by atoms with van der Waals surface area (Å²) in [5, 5.41) is 10.5. The van der Waals surface area contributed by atoms with Gasteiger partial charge >= 0.3 is 0 Å². The lowest BCUT2D eigenvalue weighted by atomic mass is 9.66. The van der Waals surface area contributed by atoms with Crippen LogP contribution in [0.2, 0.25) is 13.1 Å². The van der Waals surface area contributed by atoms with Crippen molar-refractivity contribution in [2.45, 2.75) is 25.4 Å². The van der Waals surface area contributed by atoms with Crippen LogP contribution in [0.15, 0.2) is 146 Å². The van der Waals surface area contributed by atoms with Crippen LogP contribution in [0.5, 0.6) is 11.5 Å². The quantitative estimate of drug-likeness (QED) is 0.196. The zero-order valence-corrected chi connectivity index (χ0v) is 28.1. The highest BCUT2D eigenvalue weighted by atomic mass is 28.3. The Morgan fingerprint density at radius 3 is 2.10 bits per heavy atom. The van der Waals surface area contributed by atoms with Gasteiger partial charge in [-0.3, -0.25) is 10.1 Å². The molecule has 0 bridgehead atoms. The monoisotopic (exact) mass is 638 g/mol. The van der Waals surface area contributed by atoms with E-state index in [2.05, 4.69) is 150 Å². The number of aromatic nitrogens is 3. The van der Waals surface area contributed by atoms with Crippen molar-refractivity contribution in [2.75, 3.05) is 4.90 Å². The number of ether oxygens (including phenoxy) is 1. The van der Waals surface area contributed by atoms with Crippen molar-refractivity contribution in [1.29, 1.82) is 0 Å². The van der Waals surface area contributed by atoms with Crippen LogP contribution in [0.3, 0.4) is 0 Å². The average Bonchev–Trinajstić information content (AvgIpc) is 3.57. The van der Waals surface area contributed by atoms with Gasteiger partial charge in [-0.15, -0.1) is 0 Å². The molecule has 0 saturated carbocycles. The van der Waals surface area contributed by atoms with Crippen molar-refractivity contribution in [1.82, 2.24) is 15.2 Å². The SMILES string of the molecule is Cc1cc(-c2ccc3c(c2)N(c2cccc(C4(c5ccccn5)c5ccccc5[Si](C)(C)c5ccccc54)c2)c2ccccc2O3)n[nH]1. The summed E-state index contributed by atoms with van der Waals surface area (Å²) in [7, 11) is -2.03. The number of benzene rings is 5. The molecule has 2 aliphatic heterocycles. The third kappa shape index (κ3) is 4.09. The predicted molar refractivity (Wildman–Crippen MR) is 196 cm³/mol. The van der Waals surface area contributed by atoms with E-state index in [1.807, 2.05) is 31.3 Å². The number of anilines is 3. The van der Waals surface area contributed by atoms with Gasteiger partial charge in [0, 0.05) is 23.1 Å². The third-order valence-electron chi connectivity index (χ3n) is 10.1. The molecule has 5 nitrogen and oxygen atoms in total. The zero-order valence-electron chi connectivity index (χ0n) is 27.1. The van der Waals surface area contributed by atoms with Crippen molar-refractivity contribution in [3.8, 4) is 22.8 Å². The molecule has 1 N–H and O–H groups in total. The molecule has 2 aromatic heterocycles. The van der Waals surface area contributed by atoms with Gasteiger partial charge in [-0.2, -0.15) is 5.10 Å². The van der Waals surface area contributed by atoms with E-state index in [1.54, 1.807) is 0 Å². The first-order chi connectivity index (χ1) is 23.5. The number of fused-ring (bicyclic) bond motifs is 4. The fourth-order valence-corrected chi connectivity index (χ4v) is 11.2. The highest BCUT2D eigenvalue weighted by Gasteiger charge is 2.50. The molecule has 48 heavy (non-hydrogen) atoms. The molecule has 0 spiro atoms. The second kappa shape index (κ2) is 10.7. The van der Waals surface area contributed by atoms with Gasteiger partial charge in [0.2, 0.25) is 0 Å². The second-order valence-corrected chi connectivity index (χ2v) is 17.6. The number of aromatic amines is 1. The van der Waals surface area contributed by atoms with Crippen LogP contribution in [0.1, 0.15) is 28.1 Å². The fraction of sp³-hybridized carbons (Fsp3) is 0.0952. The number of rotatable bonds is 4. The first kappa shape index (κ1) is 28.5. The number of nitrogens with one attached hydrogen (secondary N) is 1. The highest BCUT2D eigenvalue weighted by Crippen LogP contribution is 2.53. The Morgan fingerprint density at radius 1 is 0.667 bits per heavy atom. The van der Waals surface area contributed by atoms with Gasteiger partial charge in [0.25, 0.3) is 0 Å². The molecule has 0 saturated heterocycles. The van der Waals surface area contributed by atoms with E-state index < -0.39 is 13.5 Å². The fourth-order valence-electron chi connectivity index (χ4n) is 7.96. The van der Waals surface area contributed by atoms with E-state index in [1.165, 1.54) is 27.1 Å². The summed E-state index contributed by atoms with van der Waals surface area (Å²) in [6.07, 6.45) is 1.93. The van der Waals surface area contributed by atoms with Crippen LogP contribution in [0, 0.1) is 6.92 Å². The summed E-state index contributed by atoms with van der Waals surface area (Å²) < 4.78 is 6.50. The number of hydrogen-bond acceptors (Lipinski definition) is 4. The van der Waals surface area contributed by atoms with Crippen molar-refractivity contribution >= 4 is 35.5 Å². The summed E-state index contributed by atoms with van der Waals surface area (Å²) >= 11 is 0. The van der Waals surface area contributed by atoms with Gasteiger partial charge in [-0.05, 0) is 94.7 Å².